The van der Waals surface area contributed by atoms with Crippen molar-refractivity contribution < 1.29 is 13.2 Å². The molecule has 22 heavy (non-hydrogen) atoms. The Morgan fingerprint density at radius 2 is 1.95 bits per heavy atom. The Morgan fingerprint density at radius 3 is 2.50 bits per heavy atom. The Kier molecular flexibility index (Phi) is 4.92. The molecule has 0 aliphatic carbocycles. The van der Waals surface area contributed by atoms with Gasteiger partial charge in [0.1, 0.15) is 0 Å². The topological polar surface area (TPSA) is 66.5 Å². The maximum atomic E-state index is 12.1. The van der Waals surface area contributed by atoms with Gasteiger partial charge in [-0.1, -0.05) is 29.8 Å². The lowest BCUT2D eigenvalue weighted by Gasteiger charge is -2.25. The zero-order chi connectivity index (χ0) is 16.4. The average molecular weight is 324 g/mol. The van der Waals surface area contributed by atoms with Crippen LogP contribution in [0.4, 0.5) is 0 Å². The van der Waals surface area contributed by atoms with Gasteiger partial charge in [0.15, 0.2) is 9.84 Å². The fourth-order valence-electron chi connectivity index (χ4n) is 2.79. The lowest BCUT2D eigenvalue weighted by molar-refractivity contribution is -0.123. The SMILES string of the molecule is Cc1ccc(CN(C)CC(=O)NC2(C)CCS(=O)(=O)C2)cc1. The van der Waals surface area contributed by atoms with Crippen molar-refractivity contribution in [3.8, 4) is 0 Å². The first-order valence-electron chi connectivity index (χ1n) is 7.43. The minimum atomic E-state index is -3.01. The van der Waals surface area contributed by atoms with Crippen molar-refractivity contribution in [2.24, 2.45) is 0 Å². The molecule has 1 fully saturated rings. The van der Waals surface area contributed by atoms with Crippen LogP contribution in [0.25, 0.3) is 0 Å². The molecular formula is C16H24N2O3S. The molecule has 1 aliphatic heterocycles. The van der Waals surface area contributed by atoms with Gasteiger partial charge >= 0.3 is 0 Å². The minimum absolute atomic E-state index is 0.0351. The maximum absolute atomic E-state index is 12.1. The fraction of sp³-hybridized carbons (Fsp3) is 0.562. The molecule has 6 heteroatoms. The number of carbonyl (C=O) groups is 1. The number of amides is 1. The van der Waals surface area contributed by atoms with Crippen LogP contribution in [-0.4, -0.2) is 49.9 Å². The molecule has 0 aromatic heterocycles. The van der Waals surface area contributed by atoms with Crippen LogP contribution in [-0.2, 0) is 21.2 Å². The second-order valence-corrected chi connectivity index (χ2v) is 8.79. The minimum Gasteiger partial charge on any atom is -0.349 e. The van der Waals surface area contributed by atoms with Crippen molar-refractivity contribution in [3.05, 3.63) is 35.4 Å². The lowest BCUT2D eigenvalue weighted by Crippen LogP contribution is -2.49. The van der Waals surface area contributed by atoms with E-state index in [4.69, 9.17) is 0 Å². The molecule has 0 radical (unpaired) electrons. The highest BCUT2D eigenvalue weighted by Gasteiger charge is 2.39. The number of hydrogen-bond donors (Lipinski definition) is 1. The number of likely N-dealkylation sites (N-methyl/N-ethyl adjacent to an activating group) is 1. The quantitative estimate of drug-likeness (QED) is 0.881. The molecule has 1 aromatic carbocycles. The van der Waals surface area contributed by atoms with Gasteiger partial charge in [-0.2, -0.15) is 0 Å². The van der Waals surface area contributed by atoms with Crippen LogP contribution in [0.3, 0.4) is 0 Å². The number of carbonyl (C=O) groups excluding carboxylic acids is 1. The first-order valence-corrected chi connectivity index (χ1v) is 9.25. The Bertz CT molecular complexity index is 640. The zero-order valence-corrected chi connectivity index (χ0v) is 14.2. The molecule has 122 valence electrons. The summed E-state index contributed by atoms with van der Waals surface area (Å²) in [6, 6.07) is 8.20. The number of aryl methyl sites for hydroxylation is 1. The zero-order valence-electron chi connectivity index (χ0n) is 13.4. The van der Waals surface area contributed by atoms with Crippen LogP contribution < -0.4 is 5.32 Å². The van der Waals surface area contributed by atoms with E-state index >= 15 is 0 Å². The highest BCUT2D eigenvalue weighted by atomic mass is 32.2. The predicted octanol–water partition coefficient (Wildman–Crippen LogP) is 1.12. The Balaban J connectivity index is 1.85. The number of nitrogens with one attached hydrogen (secondary N) is 1. The number of nitrogens with zero attached hydrogens (tertiary/aromatic N) is 1. The smallest absolute Gasteiger partial charge is 0.234 e. The van der Waals surface area contributed by atoms with E-state index in [1.54, 1.807) is 6.92 Å². The van der Waals surface area contributed by atoms with Gasteiger partial charge in [-0.25, -0.2) is 8.42 Å². The summed E-state index contributed by atoms with van der Waals surface area (Å²) in [6.45, 7) is 4.78. The molecular weight excluding hydrogens is 300 g/mol. The average Bonchev–Trinajstić information content (AvgIpc) is 2.65. The summed E-state index contributed by atoms with van der Waals surface area (Å²) < 4.78 is 23.1. The molecule has 1 amide bonds. The molecule has 5 nitrogen and oxygen atoms in total. The number of hydrogen-bond acceptors (Lipinski definition) is 4. The summed E-state index contributed by atoms with van der Waals surface area (Å²) in [6.07, 6.45) is 0.489. The monoisotopic (exact) mass is 324 g/mol. The van der Waals surface area contributed by atoms with Gasteiger partial charge in [-0.15, -0.1) is 0 Å². The van der Waals surface area contributed by atoms with Crippen LogP contribution in [0.5, 0.6) is 0 Å². The first-order chi connectivity index (χ1) is 10.2. The van der Waals surface area contributed by atoms with Gasteiger partial charge in [0, 0.05) is 6.54 Å². The van der Waals surface area contributed by atoms with Crippen molar-refractivity contribution in [1.29, 1.82) is 0 Å². The fourth-order valence-corrected chi connectivity index (χ4v) is 4.88. The molecule has 1 aromatic rings. The maximum Gasteiger partial charge on any atom is 0.234 e. The van der Waals surface area contributed by atoms with Gasteiger partial charge < -0.3 is 5.32 Å². The van der Waals surface area contributed by atoms with E-state index in [-0.39, 0.29) is 24.0 Å². The van der Waals surface area contributed by atoms with Crippen molar-refractivity contribution in [1.82, 2.24) is 10.2 Å². The van der Waals surface area contributed by atoms with Gasteiger partial charge in [-0.05, 0) is 32.9 Å². The first kappa shape index (κ1) is 17.0. The van der Waals surface area contributed by atoms with Crippen molar-refractivity contribution >= 4 is 15.7 Å². The van der Waals surface area contributed by atoms with Crippen LogP contribution in [0.2, 0.25) is 0 Å². The molecule has 0 spiro atoms. The van der Waals surface area contributed by atoms with E-state index in [0.717, 1.165) is 5.56 Å². The van der Waals surface area contributed by atoms with Gasteiger partial charge in [0.2, 0.25) is 5.91 Å². The highest BCUT2D eigenvalue weighted by molar-refractivity contribution is 7.91. The molecule has 1 N–H and O–H groups in total. The van der Waals surface area contributed by atoms with E-state index in [2.05, 4.69) is 17.4 Å². The Morgan fingerprint density at radius 1 is 1.32 bits per heavy atom. The molecule has 0 bridgehead atoms. The third-order valence-corrected chi connectivity index (χ3v) is 5.83. The van der Waals surface area contributed by atoms with Crippen LogP contribution >= 0.6 is 0 Å². The highest BCUT2D eigenvalue weighted by Crippen LogP contribution is 2.22. The van der Waals surface area contributed by atoms with Gasteiger partial charge in [0.05, 0.1) is 23.6 Å². The van der Waals surface area contributed by atoms with E-state index in [1.807, 2.05) is 31.0 Å². The summed E-state index contributed by atoms with van der Waals surface area (Å²) in [5, 5.41) is 2.88. The molecule has 1 heterocycles. The van der Waals surface area contributed by atoms with E-state index in [1.165, 1.54) is 5.56 Å². The third kappa shape index (κ3) is 4.81. The standard InChI is InChI=1S/C16H24N2O3S/c1-13-4-6-14(7-5-13)10-18(3)11-15(19)17-16(2)8-9-22(20,21)12-16/h4-7H,8-12H2,1-3H3,(H,17,19). The third-order valence-electron chi connectivity index (χ3n) is 3.93. The summed E-state index contributed by atoms with van der Waals surface area (Å²) in [4.78, 5) is 14.0. The predicted molar refractivity (Wildman–Crippen MR) is 87.3 cm³/mol. The molecule has 1 unspecified atom stereocenters. The van der Waals surface area contributed by atoms with Gasteiger partial charge in [0.25, 0.3) is 0 Å². The molecule has 2 rings (SSSR count). The van der Waals surface area contributed by atoms with Crippen LogP contribution in [0.1, 0.15) is 24.5 Å². The number of benzene rings is 1. The Labute approximate surface area is 132 Å². The van der Waals surface area contributed by atoms with E-state index in [9.17, 15) is 13.2 Å². The second kappa shape index (κ2) is 6.38. The number of rotatable bonds is 5. The summed E-state index contributed by atoms with van der Waals surface area (Å²) >= 11 is 0. The van der Waals surface area contributed by atoms with Gasteiger partial charge in [-0.3, -0.25) is 9.69 Å². The molecule has 1 atom stereocenters. The van der Waals surface area contributed by atoms with Crippen LogP contribution in [0, 0.1) is 6.92 Å². The molecule has 1 aliphatic rings. The van der Waals surface area contributed by atoms with Crippen molar-refractivity contribution in [2.75, 3.05) is 25.1 Å². The summed E-state index contributed by atoms with van der Waals surface area (Å²) in [5.41, 5.74) is 1.73. The molecule has 1 saturated heterocycles. The Hall–Kier alpha value is -1.40. The number of sulfone groups is 1. The summed E-state index contributed by atoms with van der Waals surface area (Å²) in [7, 11) is -1.13. The van der Waals surface area contributed by atoms with Crippen molar-refractivity contribution in [2.45, 2.75) is 32.4 Å². The normalized spacial score (nSPS) is 23.6. The second-order valence-electron chi connectivity index (χ2n) is 6.61. The largest absolute Gasteiger partial charge is 0.349 e. The molecule has 0 saturated carbocycles. The van der Waals surface area contributed by atoms with Crippen LogP contribution in [0.15, 0.2) is 24.3 Å². The van der Waals surface area contributed by atoms with E-state index < -0.39 is 15.4 Å². The summed E-state index contributed by atoms with van der Waals surface area (Å²) in [5.74, 6) is 0.0605. The van der Waals surface area contributed by atoms with Crippen molar-refractivity contribution in [3.63, 3.8) is 0 Å². The lowest BCUT2D eigenvalue weighted by atomic mass is 10.0. The van der Waals surface area contributed by atoms with E-state index in [0.29, 0.717) is 13.0 Å².